The van der Waals surface area contributed by atoms with Gasteiger partial charge in [-0.3, -0.25) is 4.79 Å². The van der Waals surface area contributed by atoms with Crippen molar-refractivity contribution in [3.63, 3.8) is 0 Å². The van der Waals surface area contributed by atoms with E-state index in [1.54, 1.807) is 5.51 Å². The largest absolute Gasteiger partial charge is 0.333 e. The lowest BCUT2D eigenvalue weighted by molar-refractivity contribution is 0.0589. The molecule has 2 unspecified atom stereocenters. The Morgan fingerprint density at radius 1 is 1.71 bits per heavy atom. The lowest BCUT2D eigenvalue weighted by Crippen LogP contribution is -2.51. The van der Waals surface area contributed by atoms with Crippen molar-refractivity contribution >= 4 is 28.8 Å². The van der Waals surface area contributed by atoms with Gasteiger partial charge in [0.2, 0.25) is 0 Å². The SMILES string of the molecule is CC(N)C1CCCCN1C(=O)c1scnc1Cl. The molecular formula is C11H16ClN3OS. The first-order valence-corrected chi connectivity index (χ1v) is 7.02. The molecule has 1 saturated heterocycles. The summed E-state index contributed by atoms with van der Waals surface area (Å²) in [6, 6.07) is 0.111. The summed E-state index contributed by atoms with van der Waals surface area (Å²) in [4.78, 5) is 18.6. The maximum absolute atomic E-state index is 12.4. The summed E-state index contributed by atoms with van der Waals surface area (Å²) in [6.07, 6.45) is 3.14. The van der Waals surface area contributed by atoms with Crippen molar-refractivity contribution < 1.29 is 4.79 Å². The number of carbonyl (C=O) groups is 1. The monoisotopic (exact) mass is 273 g/mol. The molecule has 2 heterocycles. The summed E-state index contributed by atoms with van der Waals surface area (Å²) in [5.74, 6) is -0.0282. The van der Waals surface area contributed by atoms with Gasteiger partial charge in [-0.2, -0.15) is 0 Å². The number of piperidine rings is 1. The zero-order valence-corrected chi connectivity index (χ0v) is 11.3. The van der Waals surface area contributed by atoms with E-state index in [-0.39, 0.29) is 18.0 Å². The van der Waals surface area contributed by atoms with Gasteiger partial charge in [0.05, 0.1) is 5.51 Å². The van der Waals surface area contributed by atoms with Crippen LogP contribution in [-0.4, -0.2) is 34.4 Å². The quantitative estimate of drug-likeness (QED) is 0.898. The van der Waals surface area contributed by atoms with E-state index >= 15 is 0 Å². The third-order valence-electron chi connectivity index (χ3n) is 3.14. The van der Waals surface area contributed by atoms with Crippen molar-refractivity contribution in [2.45, 2.75) is 38.3 Å². The summed E-state index contributed by atoms with van der Waals surface area (Å²) in [5, 5.41) is 0.300. The number of carbonyl (C=O) groups excluding carboxylic acids is 1. The molecule has 0 spiro atoms. The molecule has 6 heteroatoms. The van der Waals surface area contributed by atoms with Crippen LogP contribution in [0.2, 0.25) is 5.15 Å². The Hall–Kier alpha value is -0.650. The van der Waals surface area contributed by atoms with Gasteiger partial charge in [0.15, 0.2) is 5.15 Å². The number of nitrogens with two attached hydrogens (primary N) is 1. The number of likely N-dealkylation sites (tertiary alicyclic amines) is 1. The lowest BCUT2D eigenvalue weighted by Gasteiger charge is -2.37. The van der Waals surface area contributed by atoms with Crippen molar-refractivity contribution in [3.8, 4) is 0 Å². The Labute approximate surface area is 110 Å². The van der Waals surface area contributed by atoms with Crippen LogP contribution in [0.3, 0.4) is 0 Å². The highest BCUT2D eigenvalue weighted by atomic mass is 35.5. The maximum atomic E-state index is 12.4. The molecule has 1 amide bonds. The van der Waals surface area contributed by atoms with Gasteiger partial charge in [0.25, 0.3) is 5.91 Å². The van der Waals surface area contributed by atoms with E-state index in [9.17, 15) is 4.79 Å². The molecule has 2 N–H and O–H groups in total. The molecule has 4 nitrogen and oxygen atoms in total. The fourth-order valence-electron chi connectivity index (χ4n) is 2.26. The van der Waals surface area contributed by atoms with Crippen LogP contribution in [0.25, 0.3) is 0 Å². The van der Waals surface area contributed by atoms with Crippen LogP contribution < -0.4 is 5.73 Å². The Kier molecular flexibility index (Phi) is 4.01. The molecule has 1 aliphatic rings. The average Bonchev–Trinajstić information content (AvgIpc) is 2.74. The van der Waals surface area contributed by atoms with E-state index in [0.29, 0.717) is 10.0 Å². The summed E-state index contributed by atoms with van der Waals surface area (Å²) >= 11 is 7.19. The molecule has 1 aromatic rings. The maximum Gasteiger partial charge on any atom is 0.267 e. The number of thiazole rings is 1. The predicted octanol–water partition coefficient (Wildman–Crippen LogP) is 2.14. The minimum atomic E-state index is -0.0282. The second-order valence-corrected chi connectivity index (χ2v) is 5.61. The zero-order chi connectivity index (χ0) is 12.4. The first-order chi connectivity index (χ1) is 8.11. The molecule has 0 aliphatic carbocycles. The molecule has 0 saturated carbocycles. The molecule has 1 fully saturated rings. The second kappa shape index (κ2) is 5.33. The van der Waals surface area contributed by atoms with E-state index in [0.717, 1.165) is 25.8 Å². The standard InChI is InChI=1S/C11H16ClN3OS/c1-7(13)8-4-2-3-5-15(8)11(16)9-10(12)14-6-17-9/h6-8H,2-5,13H2,1H3. The number of hydrogen-bond acceptors (Lipinski definition) is 4. The Morgan fingerprint density at radius 2 is 2.47 bits per heavy atom. The normalized spacial score (nSPS) is 22.5. The summed E-state index contributed by atoms with van der Waals surface area (Å²) in [5.41, 5.74) is 7.55. The number of halogens is 1. The van der Waals surface area contributed by atoms with Crippen LogP contribution in [0, 0.1) is 0 Å². The summed E-state index contributed by atoms with van der Waals surface area (Å²) in [7, 11) is 0. The molecule has 0 aromatic carbocycles. The molecule has 17 heavy (non-hydrogen) atoms. The van der Waals surface area contributed by atoms with Crippen molar-refractivity contribution in [1.82, 2.24) is 9.88 Å². The van der Waals surface area contributed by atoms with Crippen molar-refractivity contribution in [3.05, 3.63) is 15.5 Å². The van der Waals surface area contributed by atoms with Gasteiger partial charge in [-0.05, 0) is 26.2 Å². The van der Waals surface area contributed by atoms with Crippen LogP contribution >= 0.6 is 22.9 Å². The number of hydrogen-bond donors (Lipinski definition) is 1. The number of rotatable bonds is 2. The number of nitrogens with zero attached hydrogens (tertiary/aromatic N) is 2. The smallest absolute Gasteiger partial charge is 0.267 e. The first-order valence-electron chi connectivity index (χ1n) is 5.77. The second-order valence-electron chi connectivity index (χ2n) is 4.39. The molecule has 0 bridgehead atoms. The molecule has 2 rings (SSSR count). The van der Waals surface area contributed by atoms with Gasteiger partial charge in [-0.25, -0.2) is 4.98 Å². The third kappa shape index (κ3) is 2.61. The molecular weight excluding hydrogens is 258 g/mol. The van der Waals surface area contributed by atoms with Gasteiger partial charge in [0, 0.05) is 18.6 Å². The van der Waals surface area contributed by atoms with Gasteiger partial charge < -0.3 is 10.6 Å². The zero-order valence-electron chi connectivity index (χ0n) is 9.73. The van der Waals surface area contributed by atoms with E-state index < -0.39 is 0 Å². The molecule has 1 aromatic heterocycles. The molecule has 1 aliphatic heterocycles. The van der Waals surface area contributed by atoms with E-state index in [2.05, 4.69) is 4.98 Å². The van der Waals surface area contributed by atoms with E-state index in [1.165, 1.54) is 11.3 Å². The minimum absolute atomic E-state index is 0.00838. The molecule has 94 valence electrons. The van der Waals surface area contributed by atoms with Crippen LogP contribution in [0.15, 0.2) is 5.51 Å². The van der Waals surface area contributed by atoms with Crippen LogP contribution in [0.1, 0.15) is 35.9 Å². The number of amides is 1. The van der Waals surface area contributed by atoms with Crippen molar-refractivity contribution in [1.29, 1.82) is 0 Å². The minimum Gasteiger partial charge on any atom is -0.333 e. The fourth-order valence-corrected chi connectivity index (χ4v) is 3.21. The highest BCUT2D eigenvalue weighted by molar-refractivity contribution is 7.12. The van der Waals surface area contributed by atoms with Crippen LogP contribution in [0.5, 0.6) is 0 Å². The van der Waals surface area contributed by atoms with Crippen LogP contribution in [-0.2, 0) is 0 Å². The fraction of sp³-hybridized carbons (Fsp3) is 0.636. The summed E-state index contributed by atoms with van der Waals surface area (Å²) < 4.78 is 0. The van der Waals surface area contributed by atoms with E-state index in [1.807, 2.05) is 11.8 Å². The highest BCUT2D eigenvalue weighted by Crippen LogP contribution is 2.26. The highest BCUT2D eigenvalue weighted by Gasteiger charge is 2.31. The van der Waals surface area contributed by atoms with Crippen molar-refractivity contribution in [2.24, 2.45) is 5.73 Å². The lowest BCUT2D eigenvalue weighted by atomic mass is 9.97. The topological polar surface area (TPSA) is 59.2 Å². The Bertz CT molecular complexity index is 407. The summed E-state index contributed by atoms with van der Waals surface area (Å²) in [6.45, 7) is 2.71. The average molecular weight is 274 g/mol. The van der Waals surface area contributed by atoms with Gasteiger partial charge in [-0.15, -0.1) is 11.3 Å². The van der Waals surface area contributed by atoms with Gasteiger partial charge in [-0.1, -0.05) is 11.6 Å². The van der Waals surface area contributed by atoms with Crippen LogP contribution in [0.4, 0.5) is 0 Å². The van der Waals surface area contributed by atoms with Crippen molar-refractivity contribution in [2.75, 3.05) is 6.54 Å². The van der Waals surface area contributed by atoms with Gasteiger partial charge in [0.1, 0.15) is 4.88 Å². The Morgan fingerprint density at radius 3 is 3.06 bits per heavy atom. The van der Waals surface area contributed by atoms with E-state index in [4.69, 9.17) is 17.3 Å². The Balaban J connectivity index is 2.20. The first kappa shape index (κ1) is 12.8. The third-order valence-corrected chi connectivity index (χ3v) is 4.35. The molecule has 2 atom stereocenters. The molecule has 0 radical (unpaired) electrons. The predicted molar refractivity (Wildman–Crippen MR) is 69.4 cm³/mol. The van der Waals surface area contributed by atoms with Gasteiger partial charge >= 0.3 is 0 Å². The number of aromatic nitrogens is 1.